The number of nitrogens with zero attached hydrogens (tertiary/aromatic N) is 2. The SMILES string of the molecule is O=C(Nc1ccccc1C(=O)N/N=C\c1ccc(Br)o1)c1ccc([N+](=O)[O-])cc1. The first-order valence-corrected chi connectivity index (χ1v) is 8.97. The molecule has 29 heavy (non-hydrogen) atoms. The molecule has 0 radical (unpaired) electrons. The zero-order valence-corrected chi connectivity index (χ0v) is 16.3. The Labute approximate surface area is 172 Å². The van der Waals surface area contributed by atoms with Gasteiger partial charge in [0.2, 0.25) is 0 Å². The van der Waals surface area contributed by atoms with Gasteiger partial charge in [-0.1, -0.05) is 12.1 Å². The molecule has 9 nitrogen and oxygen atoms in total. The van der Waals surface area contributed by atoms with Gasteiger partial charge in [-0.3, -0.25) is 19.7 Å². The molecule has 0 aliphatic heterocycles. The summed E-state index contributed by atoms with van der Waals surface area (Å²) in [6, 6.07) is 14.9. The molecule has 0 aliphatic rings. The topological polar surface area (TPSA) is 127 Å². The number of hydrogen-bond acceptors (Lipinski definition) is 6. The number of nitrogens with one attached hydrogen (secondary N) is 2. The number of furan rings is 1. The van der Waals surface area contributed by atoms with E-state index in [0.29, 0.717) is 10.4 Å². The molecule has 0 fully saturated rings. The summed E-state index contributed by atoms with van der Waals surface area (Å²) in [5.41, 5.74) is 2.91. The summed E-state index contributed by atoms with van der Waals surface area (Å²) in [6.45, 7) is 0. The highest BCUT2D eigenvalue weighted by Gasteiger charge is 2.15. The largest absolute Gasteiger partial charge is 0.448 e. The standard InChI is InChI=1S/C19H13BrN4O5/c20-17-10-9-14(29-17)11-21-23-19(26)15-3-1-2-4-16(15)22-18(25)12-5-7-13(8-6-12)24(27)28/h1-11H,(H,22,25)(H,23,26)/b21-11-. The van der Waals surface area contributed by atoms with Crippen molar-refractivity contribution in [3.63, 3.8) is 0 Å². The number of halogens is 1. The summed E-state index contributed by atoms with van der Waals surface area (Å²) in [7, 11) is 0. The zero-order chi connectivity index (χ0) is 20.8. The summed E-state index contributed by atoms with van der Waals surface area (Å²) in [4.78, 5) is 35.0. The first-order valence-electron chi connectivity index (χ1n) is 8.17. The summed E-state index contributed by atoms with van der Waals surface area (Å²) < 4.78 is 5.77. The number of carbonyl (C=O) groups excluding carboxylic acids is 2. The summed E-state index contributed by atoms with van der Waals surface area (Å²) in [6.07, 6.45) is 1.33. The molecule has 0 unspecified atom stereocenters. The van der Waals surface area contributed by atoms with Crippen LogP contribution >= 0.6 is 15.9 Å². The Morgan fingerprint density at radius 3 is 2.41 bits per heavy atom. The van der Waals surface area contributed by atoms with E-state index in [1.165, 1.54) is 36.5 Å². The lowest BCUT2D eigenvalue weighted by Crippen LogP contribution is -2.21. The first-order chi connectivity index (χ1) is 13.9. The Balaban J connectivity index is 1.70. The van der Waals surface area contributed by atoms with Crippen LogP contribution in [0.4, 0.5) is 11.4 Å². The van der Waals surface area contributed by atoms with Gasteiger partial charge < -0.3 is 9.73 Å². The number of rotatable bonds is 6. The zero-order valence-electron chi connectivity index (χ0n) is 14.7. The fourth-order valence-corrected chi connectivity index (χ4v) is 2.65. The molecular weight excluding hydrogens is 444 g/mol. The smallest absolute Gasteiger partial charge is 0.273 e. The Kier molecular flexibility index (Phi) is 6.15. The molecule has 0 bridgehead atoms. The molecule has 0 saturated heterocycles. The highest BCUT2D eigenvalue weighted by molar-refractivity contribution is 9.10. The quantitative estimate of drug-likeness (QED) is 0.329. The predicted molar refractivity (Wildman–Crippen MR) is 109 cm³/mol. The summed E-state index contributed by atoms with van der Waals surface area (Å²) in [5.74, 6) is -0.604. The summed E-state index contributed by atoms with van der Waals surface area (Å²) >= 11 is 3.16. The molecule has 1 heterocycles. The van der Waals surface area contributed by atoms with Crippen molar-refractivity contribution in [2.75, 3.05) is 5.32 Å². The molecule has 2 aromatic carbocycles. The van der Waals surface area contributed by atoms with Crippen LogP contribution in [0.25, 0.3) is 0 Å². The van der Waals surface area contributed by atoms with Crippen molar-refractivity contribution < 1.29 is 18.9 Å². The Hall–Kier alpha value is -3.79. The monoisotopic (exact) mass is 456 g/mol. The van der Waals surface area contributed by atoms with Gasteiger partial charge in [0.15, 0.2) is 4.67 Å². The van der Waals surface area contributed by atoms with Gasteiger partial charge in [-0.05, 0) is 52.3 Å². The lowest BCUT2D eigenvalue weighted by molar-refractivity contribution is -0.384. The van der Waals surface area contributed by atoms with Gasteiger partial charge in [-0.25, -0.2) is 5.43 Å². The molecule has 0 spiro atoms. The van der Waals surface area contributed by atoms with Crippen molar-refractivity contribution in [2.24, 2.45) is 5.10 Å². The second-order valence-corrected chi connectivity index (χ2v) is 6.43. The molecule has 0 aliphatic carbocycles. The highest BCUT2D eigenvalue weighted by atomic mass is 79.9. The number of benzene rings is 2. The van der Waals surface area contributed by atoms with Crippen LogP contribution in [0, 0.1) is 10.1 Å². The first kappa shape index (κ1) is 20.0. The minimum absolute atomic E-state index is 0.122. The molecule has 0 atom stereocenters. The van der Waals surface area contributed by atoms with Gasteiger partial charge in [-0.15, -0.1) is 0 Å². The minimum atomic E-state index is -0.552. The van der Waals surface area contributed by atoms with Gasteiger partial charge in [0.25, 0.3) is 17.5 Å². The van der Waals surface area contributed by atoms with E-state index in [9.17, 15) is 19.7 Å². The molecule has 146 valence electrons. The van der Waals surface area contributed by atoms with Crippen LogP contribution < -0.4 is 10.7 Å². The third kappa shape index (κ3) is 5.14. The number of para-hydroxylation sites is 1. The molecule has 10 heteroatoms. The number of anilines is 1. The van der Waals surface area contributed by atoms with E-state index in [-0.39, 0.29) is 22.5 Å². The Bertz CT molecular complexity index is 1090. The van der Waals surface area contributed by atoms with E-state index >= 15 is 0 Å². The van der Waals surface area contributed by atoms with E-state index in [4.69, 9.17) is 4.42 Å². The van der Waals surface area contributed by atoms with Crippen molar-refractivity contribution in [1.82, 2.24) is 5.43 Å². The molecular formula is C19H13BrN4O5. The second kappa shape index (κ2) is 8.93. The maximum absolute atomic E-state index is 12.4. The van der Waals surface area contributed by atoms with E-state index in [1.807, 2.05) is 0 Å². The second-order valence-electron chi connectivity index (χ2n) is 5.64. The molecule has 3 rings (SSSR count). The van der Waals surface area contributed by atoms with Gasteiger partial charge in [0.1, 0.15) is 5.76 Å². The van der Waals surface area contributed by atoms with Crippen molar-refractivity contribution in [2.45, 2.75) is 0 Å². The Morgan fingerprint density at radius 1 is 1.03 bits per heavy atom. The van der Waals surface area contributed by atoms with Crippen LogP contribution in [0.5, 0.6) is 0 Å². The number of amides is 2. The number of nitro groups is 1. The van der Waals surface area contributed by atoms with Crippen LogP contribution in [0.2, 0.25) is 0 Å². The molecule has 3 aromatic rings. The van der Waals surface area contributed by atoms with Crippen LogP contribution in [0.3, 0.4) is 0 Å². The third-order valence-electron chi connectivity index (χ3n) is 3.71. The van der Waals surface area contributed by atoms with Gasteiger partial charge >= 0.3 is 0 Å². The average Bonchev–Trinajstić information content (AvgIpc) is 3.13. The number of carbonyl (C=O) groups is 2. The predicted octanol–water partition coefficient (Wildman–Crippen LogP) is 3.97. The molecule has 0 saturated carbocycles. The van der Waals surface area contributed by atoms with Crippen LogP contribution in [0.1, 0.15) is 26.5 Å². The van der Waals surface area contributed by atoms with Crippen molar-refractivity contribution in [3.8, 4) is 0 Å². The summed E-state index contributed by atoms with van der Waals surface area (Å²) in [5, 5.41) is 17.2. The number of hydrogen-bond donors (Lipinski definition) is 2. The van der Waals surface area contributed by atoms with Crippen molar-refractivity contribution in [3.05, 3.63) is 92.3 Å². The van der Waals surface area contributed by atoms with E-state index in [2.05, 4.69) is 31.8 Å². The average molecular weight is 457 g/mol. The van der Waals surface area contributed by atoms with Gasteiger partial charge in [-0.2, -0.15) is 5.10 Å². The maximum Gasteiger partial charge on any atom is 0.273 e. The minimum Gasteiger partial charge on any atom is -0.448 e. The van der Waals surface area contributed by atoms with Crippen molar-refractivity contribution in [1.29, 1.82) is 0 Å². The lowest BCUT2D eigenvalue weighted by atomic mass is 10.1. The van der Waals surface area contributed by atoms with Crippen LogP contribution in [0.15, 0.2) is 74.9 Å². The lowest BCUT2D eigenvalue weighted by Gasteiger charge is -2.10. The number of hydrazone groups is 1. The van der Waals surface area contributed by atoms with Crippen molar-refractivity contribution >= 4 is 45.3 Å². The third-order valence-corrected chi connectivity index (χ3v) is 4.14. The Morgan fingerprint density at radius 2 is 1.76 bits per heavy atom. The molecule has 2 amide bonds. The van der Waals surface area contributed by atoms with Crippen LogP contribution in [-0.4, -0.2) is 23.0 Å². The van der Waals surface area contributed by atoms with Gasteiger partial charge in [0.05, 0.1) is 22.4 Å². The number of nitro benzene ring substituents is 1. The number of non-ortho nitro benzene ring substituents is 1. The fourth-order valence-electron chi connectivity index (χ4n) is 2.33. The van der Waals surface area contributed by atoms with Crippen LogP contribution in [-0.2, 0) is 0 Å². The normalized spacial score (nSPS) is 10.7. The fraction of sp³-hybridized carbons (Fsp3) is 0. The van der Waals surface area contributed by atoms with Gasteiger partial charge in [0, 0.05) is 17.7 Å². The van der Waals surface area contributed by atoms with E-state index in [0.717, 1.165) is 0 Å². The maximum atomic E-state index is 12.4. The van der Waals surface area contributed by atoms with E-state index < -0.39 is 16.7 Å². The molecule has 1 aromatic heterocycles. The molecule has 2 N–H and O–H groups in total. The highest BCUT2D eigenvalue weighted by Crippen LogP contribution is 2.18. The van der Waals surface area contributed by atoms with E-state index in [1.54, 1.807) is 30.3 Å².